The van der Waals surface area contributed by atoms with Crippen LogP contribution in [0.15, 0.2) is 34.9 Å². The summed E-state index contributed by atoms with van der Waals surface area (Å²) in [7, 11) is 1.83. The van der Waals surface area contributed by atoms with Crippen molar-refractivity contribution in [2.24, 2.45) is 12.8 Å². The minimum absolute atomic E-state index is 0.239. The van der Waals surface area contributed by atoms with E-state index in [0.717, 1.165) is 10.2 Å². The Morgan fingerprint density at radius 1 is 1.47 bits per heavy atom. The van der Waals surface area contributed by atoms with Crippen molar-refractivity contribution >= 4 is 15.9 Å². The highest BCUT2D eigenvalue weighted by Crippen LogP contribution is 2.20. The third-order valence-electron chi connectivity index (χ3n) is 2.69. The molecule has 90 valence electrons. The molecule has 2 N–H and O–H groups in total. The Kier molecular flexibility index (Phi) is 3.59. The molecule has 1 heterocycles. The van der Waals surface area contributed by atoms with Crippen molar-refractivity contribution in [3.05, 3.63) is 52.0 Å². The van der Waals surface area contributed by atoms with E-state index in [1.165, 1.54) is 6.07 Å². The predicted molar refractivity (Wildman–Crippen MR) is 67.9 cm³/mol. The third-order valence-corrected chi connectivity index (χ3v) is 3.19. The molecule has 0 aliphatic heterocycles. The zero-order valence-electron chi connectivity index (χ0n) is 9.40. The Balaban J connectivity index is 2.19. The minimum atomic E-state index is -0.252. The van der Waals surface area contributed by atoms with Crippen molar-refractivity contribution in [3.8, 4) is 0 Å². The van der Waals surface area contributed by atoms with Crippen LogP contribution >= 0.6 is 15.9 Å². The molecule has 0 bridgehead atoms. The van der Waals surface area contributed by atoms with E-state index in [4.69, 9.17) is 5.73 Å². The largest absolute Gasteiger partial charge is 0.322 e. The number of aromatic nitrogens is 2. The lowest BCUT2D eigenvalue weighted by atomic mass is 10.0. The molecule has 2 aromatic rings. The van der Waals surface area contributed by atoms with Gasteiger partial charge in [0.1, 0.15) is 5.82 Å². The maximum atomic E-state index is 13.6. The smallest absolute Gasteiger partial charge is 0.127 e. The first-order chi connectivity index (χ1) is 8.08. The first-order valence-corrected chi connectivity index (χ1v) is 6.04. The lowest BCUT2D eigenvalue weighted by Crippen LogP contribution is -2.17. The van der Waals surface area contributed by atoms with Gasteiger partial charge >= 0.3 is 0 Å². The maximum Gasteiger partial charge on any atom is 0.127 e. The van der Waals surface area contributed by atoms with Gasteiger partial charge in [0.05, 0.1) is 11.7 Å². The quantitative estimate of drug-likeness (QED) is 0.946. The zero-order valence-corrected chi connectivity index (χ0v) is 11.0. The Hall–Kier alpha value is -1.20. The van der Waals surface area contributed by atoms with Crippen molar-refractivity contribution in [1.82, 2.24) is 9.78 Å². The Morgan fingerprint density at radius 2 is 2.24 bits per heavy atom. The van der Waals surface area contributed by atoms with Crippen molar-refractivity contribution in [1.29, 1.82) is 0 Å². The van der Waals surface area contributed by atoms with Gasteiger partial charge in [0.15, 0.2) is 0 Å². The van der Waals surface area contributed by atoms with Crippen LogP contribution in [0.1, 0.15) is 17.3 Å². The van der Waals surface area contributed by atoms with Crippen LogP contribution in [-0.4, -0.2) is 9.78 Å². The summed E-state index contributed by atoms with van der Waals surface area (Å²) in [6, 6.07) is 6.61. The predicted octanol–water partition coefficient (Wildman–Crippen LogP) is 2.56. The maximum absolute atomic E-state index is 13.6. The monoisotopic (exact) mass is 297 g/mol. The summed E-state index contributed by atoms with van der Waals surface area (Å²) in [5.41, 5.74) is 7.55. The van der Waals surface area contributed by atoms with Gasteiger partial charge in [-0.1, -0.05) is 22.0 Å². The fraction of sp³-hybridized carbons (Fsp3) is 0.250. The van der Waals surface area contributed by atoms with Gasteiger partial charge in [-0.3, -0.25) is 4.68 Å². The molecule has 2 rings (SSSR count). The minimum Gasteiger partial charge on any atom is -0.322 e. The second kappa shape index (κ2) is 4.98. The molecule has 3 nitrogen and oxygen atoms in total. The molecule has 0 fully saturated rings. The van der Waals surface area contributed by atoms with Crippen LogP contribution in [0.3, 0.4) is 0 Å². The molecule has 1 unspecified atom stereocenters. The Bertz CT molecular complexity index is 524. The standard InChI is InChI=1S/C12H13BrFN3/c1-17-12(4-5-16-17)11(15)6-8-2-3-9(13)7-10(8)14/h2-5,7,11H,6,15H2,1H3. The van der Waals surface area contributed by atoms with Gasteiger partial charge < -0.3 is 5.73 Å². The number of rotatable bonds is 3. The highest BCUT2D eigenvalue weighted by molar-refractivity contribution is 9.10. The van der Waals surface area contributed by atoms with Crippen LogP contribution in [0, 0.1) is 5.82 Å². The Morgan fingerprint density at radius 3 is 2.82 bits per heavy atom. The van der Waals surface area contributed by atoms with Gasteiger partial charge in [-0.2, -0.15) is 5.10 Å². The lowest BCUT2D eigenvalue weighted by molar-refractivity contribution is 0.573. The molecule has 1 aromatic heterocycles. The lowest BCUT2D eigenvalue weighted by Gasteiger charge is -2.12. The van der Waals surface area contributed by atoms with Crippen molar-refractivity contribution in [3.63, 3.8) is 0 Å². The molecule has 0 radical (unpaired) electrons. The van der Waals surface area contributed by atoms with Crippen LogP contribution in [0.2, 0.25) is 0 Å². The van der Waals surface area contributed by atoms with E-state index >= 15 is 0 Å². The average Bonchev–Trinajstić information content (AvgIpc) is 2.68. The summed E-state index contributed by atoms with van der Waals surface area (Å²) < 4.78 is 16.1. The number of benzene rings is 1. The van der Waals surface area contributed by atoms with Crippen molar-refractivity contribution < 1.29 is 4.39 Å². The van der Waals surface area contributed by atoms with Gasteiger partial charge in [0, 0.05) is 17.7 Å². The van der Waals surface area contributed by atoms with E-state index in [9.17, 15) is 4.39 Å². The molecule has 0 aliphatic carbocycles. The number of aryl methyl sites for hydroxylation is 1. The molecular formula is C12H13BrFN3. The number of nitrogens with zero attached hydrogens (tertiary/aromatic N) is 2. The van der Waals surface area contributed by atoms with E-state index in [1.807, 2.05) is 19.2 Å². The molecule has 17 heavy (non-hydrogen) atoms. The topological polar surface area (TPSA) is 43.8 Å². The molecule has 1 atom stereocenters. The average molecular weight is 298 g/mol. The zero-order chi connectivity index (χ0) is 12.4. The molecule has 5 heteroatoms. The third kappa shape index (κ3) is 2.73. The van der Waals surface area contributed by atoms with Crippen LogP contribution in [0.25, 0.3) is 0 Å². The van der Waals surface area contributed by atoms with E-state index in [0.29, 0.717) is 12.0 Å². The molecule has 0 saturated carbocycles. The summed E-state index contributed by atoms with van der Waals surface area (Å²) in [5, 5.41) is 4.05. The van der Waals surface area contributed by atoms with Gasteiger partial charge in [0.2, 0.25) is 0 Å². The van der Waals surface area contributed by atoms with Crippen LogP contribution in [0.4, 0.5) is 4.39 Å². The van der Waals surface area contributed by atoms with E-state index < -0.39 is 0 Å². The number of halogens is 2. The first kappa shape index (κ1) is 12.3. The molecule has 0 spiro atoms. The van der Waals surface area contributed by atoms with Crippen LogP contribution in [-0.2, 0) is 13.5 Å². The SMILES string of the molecule is Cn1nccc1C(N)Cc1ccc(Br)cc1F. The second-order valence-corrected chi connectivity index (χ2v) is 4.84. The fourth-order valence-electron chi connectivity index (χ4n) is 1.78. The van der Waals surface area contributed by atoms with E-state index in [1.54, 1.807) is 16.9 Å². The van der Waals surface area contributed by atoms with Crippen molar-refractivity contribution in [2.75, 3.05) is 0 Å². The van der Waals surface area contributed by atoms with Gasteiger partial charge in [0.25, 0.3) is 0 Å². The Labute approximate surface area is 108 Å². The summed E-state index contributed by atoms with van der Waals surface area (Å²) in [6.45, 7) is 0. The number of nitrogens with two attached hydrogens (primary N) is 1. The molecule has 0 saturated heterocycles. The number of hydrogen-bond acceptors (Lipinski definition) is 2. The molecule has 0 amide bonds. The normalized spacial score (nSPS) is 12.7. The fourth-order valence-corrected chi connectivity index (χ4v) is 2.11. The number of hydrogen-bond donors (Lipinski definition) is 1. The highest BCUT2D eigenvalue weighted by Gasteiger charge is 2.13. The highest BCUT2D eigenvalue weighted by atomic mass is 79.9. The van der Waals surface area contributed by atoms with Crippen LogP contribution in [0.5, 0.6) is 0 Å². The van der Waals surface area contributed by atoms with Gasteiger partial charge in [-0.05, 0) is 30.2 Å². The van der Waals surface area contributed by atoms with Gasteiger partial charge in [-0.25, -0.2) is 4.39 Å². The summed E-state index contributed by atoms with van der Waals surface area (Å²) in [4.78, 5) is 0. The molecule has 1 aromatic carbocycles. The second-order valence-electron chi connectivity index (χ2n) is 3.93. The summed E-state index contributed by atoms with van der Waals surface area (Å²) >= 11 is 3.23. The van der Waals surface area contributed by atoms with E-state index in [-0.39, 0.29) is 11.9 Å². The van der Waals surface area contributed by atoms with Gasteiger partial charge in [-0.15, -0.1) is 0 Å². The van der Waals surface area contributed by atoms with Crippen molar-refractivity contribution in [2.45, 2.75) is 12.5 Å². The van der Waals surface area contributed by atoms with Crippen LogP contribution < -0.4 is 5.73 Å². The summed E-state index contributed by atoms with van der Waals surface area (Å²) in [5.74, 6) is -0.239. The van der Waals surface area contributed by atoms with E-state index in [2.05, 4.69) is 21.0 Å². The molecular weight excluding hydrogens is 285 g/mol. The summed E-state index contributed by atoms with van der Waals surface area (Å²) in [6.07, 6.45) is 2.14. The first-order valence-electron chi connectivity index (χ1n) is 5.25. The molecule has 0 aliphatic rings.